The van der Waals surface area contributed by atoms with Crippen molar-refractivity contribution >= 4 is 23.8 Å². The highest BCUT2D eigenvalue weighted by Gasteiger charge is 2.31. The van der Waals surface area contributed by atoms with Crippen molar-refractivity contribution in [1.82, 2.24) is 0 Å². The van der Waals surface area contributed by atoms with Gasteiger partial charge in [-0.05, 0) is 30.1 Å². The molecule has 0 spiro atoms. The molecule has 0 saturated carbocycles. The van der Waals surface area contributed by atoms with Crippen LogP contribution in [0.4, 0.5) is 18.9 Å². The van der Waals surface area contributed by atoms with Crippen LogP contribution in [0.15, 0.2) is 22.6 Å². The van der Waals surface area contributed by atoms with E-state index in [0.29, 0.717) is 5.69 Å². The smallest absolute Gasteiger partial charge is 0.405 e. The predicted molar refractivity (Wildman–Crippen MR) is 58.6 cm³/mol. The first kappa shape index (κ1) is 12.7. The molecule has 7 heteroatoms. The minimum Gasteiger partial charge on any atom is -0.405 e. The van der Waals surface area contributed by atoms with Crippen LogP contribution in [-0.2, 0) is 0 Å². The Kier molecular flexibility index (Phi) is 4.05. The standard InChI is InChI=1S/C9H9F3N2OS/c1-16-14-5-6-4-7(13)2-3-8(6)15-9(10,11)12/h2-5H,13H2,1H3/b14-5+. The average Bonchev–Trinajstić information content (AvgIpc) is 2.16. The fourth-order valence-electron chi connectivity index (χ4n) is 0.995. The van der Waals surface area contributed by atoms with Crippen molar-refractivity contribution in [3.8, 4) is 5.75 Å². The second-order valence-corrected chi connectivity index (χ2v) is 3.34. The van der Waals surface area contributed by atoms with Gasteiger partial charge in [0.1, 0.15) is 5.75 Å². The second kappa shape index (κ2) is 5.11. The van der Waals surface area contributed by atoms with E-state index in [0.717, 1.165) is 18.0 Å². The van der Waals surface area contributed by atoms with Crippen molar-refractivity contribution in [2.75, 3.05) is 12.0 Å². The van der Waals surface area contributed by atoms with Crippen molar-refractivity contribution in [1.29, 1.82) is 0 Å². The number of anilines is 1. The van der Waals surface area contributed by atoms with Gasteiger partial charge in [0.05, 0.1) is 0 Å². The lowest BCUT2D eigenvalue weighted by Gasteiger charge is -2.11. The van der Waals surface area contributed by atoms with Crippen LogP contribution >= 0.6 is 11.9 Å². The fraction of sp³-hybridized carbons (Fsp3) is 0.222. The first-order valence-electron chi connectivity index (χ1n) is 4.14. The Morgan fingerprint density at radius 1 is 1.44 bits per heavy atom. The molecule has 1 aromatic rings. The molecule has 0 heterocycles. The Morgan fingerprint density at radius 2 is 2.12 bits per heavy atom. The van der Waals surface area contributed by atoms with Crippen LogP contribution < -0.4 is 10.5 Å². The third-order valence-corrected chi connectivity index (χ3v) is 1.87. The van der Waals surface area contributed by atoms with Crippen LogP contribution in [0.3, 0.4) is 0 Å². The van der Waals surface area contributed by atoms with Crippen molar-refractivity contribution in [3.05, 3.63) is 23.8 Å². The van der Waals surface area contributed by atoms with Gasteiger partial charge in [0, 0.05) is 23.7 Å². The van der Waals surface area contributed by atoms with Gasteiger partial charge < -0.3 is 10.5 Å². The third-order valence-electron chi connectivity index (χ3n) is 1.56. The minimum atomic E-state index is -4.72. The molecule has 0 aromatic heterocycles. The van der Waals surface area contributed by atoms with Crippen LogP contribution in [0.1, 0.15) is 5.56 Å². The second-order valence-electron chi connectivity index (χ2n) is 2.76. The van der Waals surface area contributed by atoms with E-state index < -0.39 is 6.36 Å². The maximum Gasteiger partial charge on any atom is 0.573 e. The number of nitrogens with two attached hydrogens (primary N) is 1. The summed E-state index contributed by atoms with van der Waals surface area (Å²) in [7, 11) is 0. The number of nitrogens with zero attached hydrogens (tertiary/aromatic N) is 1. The first-order valence-corrected chi connectivity index (χ1v) is 5.32. The Morgan fingerprint density at radius 3 is 2.69 bits per heavy atom. The van der Waals surface area contributed by atoms with Gasteiger partial charge >= 0.3 is 6.36 Å². The molecular formula is C9H9F3N2OS. The lowest BCUT2D eigenvalue weighted by molar-refractivity contribution is -0.274. The maximum atomic E-state index is 12.0. The summed E-state index contributed by atoms with van der Waals surface area (Å²) in [6.45, 7) is 0. The quantitative estimate of drug-likeness (QED) is 0.509. The molecule has 16 heavy (non-hydrogen) atoms. The predicted octanol–water partition coefficient (Wildman–Crippen LogP) is 2.86. The number of alkyl halides is 3. The molecule has 0 aliphatic heterocycles. The zero-order chi connectivity index (χ0) is 12.2. The molecule has 3 nitrogen and oxygen atoms in total. The lowest BCUT2D eigenvalue weighted by atomic mass is 10.2. The molecule has 0 amide bonds. The number of benzene rings is 1. The van der Waals surface area contributed by atoms with Crippen LogP contribution in [0, 0.1) is 0 Å². The van der Waals surface area contributed by atoms with Crippen LogP contribution in [0.2, 0.25) is 0 Å². The number of nitrogen functional groups attached to an aromatic ring is 1. The van der Waals surface area contributed by atoms with Gasteiger partial charge in [0.15, 0.2) is 0 Å². The summed E-state index contributed by atoms with van der Waals surface area (Å²) in [6.07, 6.45) is -1.77. The Hall–Kier alpha value is -1.37. The highest BCUT2D eigenvalue weighted by molar-refractivity contribution is 7.97. The molecule has 0 saturated heterocycles. The Labute approximate surface area is 94.6 Å². The third kappa shape index (κ3) is 4.01. The lowest BCUT2D eigenvalue weighted by Crippen LogP contribution is -2.18. The van der Waals surface area contributed by atoms with Crippen molar-refractivity contribution < 1.29 is 17.9 Å². The van der Waals surface area contributed by atoms with E-state index in [9.17, 15) is 13.2 Å². The van der Waals surface area contributed by atoms with Crippen LogP contribution in [0.25, 0.3) is 0 Å². The summed E-state index contributed by atoms with van der Waals surface area (Å²) in [6, 6.07) is 3.85. The molecule has 0 aliphatic rings. The number of hydrogen-bond donors (Lipinski definition) is 1. The largest absolute Gasteiger partial charge is 0.573 e. The minimum absolute atomic E-state index is 0.187. The topological polar surface area (TPSA) is 47.6 Å². The molecule has 0 fully saturated rings. The van der Waals surface area contributed by atoms with Gasteiger partial charge in [-0.15, -0.1) is 13.2 Å². The maximum absolute atomic E-state index is 12.0. The van der Waals surface area contributed by atoms with Crippen LogP contribution in [0.5, 0.6) is 5.75 Å². The molecule has 2 N–H and O–H groups in total. The number of hydrogen-bond acceptors (Lipinski definition) is 4. The Balaban J connectivity index is 3.03. The van der Waals surface area contributed by atoms with E-state index in [2.05, 4.69) is 9.13 Å². The summed E-state index contributed by atoms with van der Waals surface area (Å²) >= 11 is 1.12. The molecule has 0 unspecified atom stereocenters. The molecule has 0 aliphatic carbocycles. The summed E-state index contributed by atoms with van der Waals surface area (Å²) in [5, 5.41) is 0. The number of ether oxygens (including phenoxy) is 1. The first-order chi connectivity index (χ1) is 7.42. The highest BCUT2D eigenvalue weighted by Crippen LogP contribution is 2.27. The Bertz CT molecular complexity index is 393. The molecule has 0 atom stereocenters. The zero-order valence-electron chi connectivity index (χ0n) is 8.28. The van der Waals surface area contributed by atoms with Crippen LogP contribution in [-0.4, -0.2) is 18.8 Å². The molecule has 0 bridgehead atoms. The molecule has 88 valence electrons. The van der Waals surface area contributed by atoms with Gasteiger partial charge in [-0.3, -0.25) is 0 Å². The number of halogens is 3. The van der Waals surface area contributed by atoms with E-state index >= 15 is 0 Å². The summed E-state index contributed by atoms with van der Waals surface area (Å²) in [5.41, 5.74) is 5.99. The molecular weight excluding hydrogens is 241 g/mol. The van der Waals surface area contributed by atoms with E-state index in [4.69, 9.17) is 5.73 Å². The summed E-state index contributed by atoms with van der Waals surface area (Å²) in [5.74, 6) is -0.320. The van der Waals surface area contributed by atoms with E-state index in [1.165, 1.54) is 18.3 Å². The van der Waals surface area contributed by atoms with Crippen molar-refractivity contribution in [2.24, 2.45) is 4.40 Å². The monoisotopic (exact) mass is 250 g/mol. The zero-order valence-corrected chi connectivity index (χ0v) is 9.10. The normalized spacial score (nSPS) is 12.0. The number of rotatable bonds is 3. The van der Waals surface area contributed by atoms with Gasteiger partial charge in [-0.1, -0.05) is 0 Å². The molecule has 1 aromatic carbocycles. The van der Waals surface area contributed by atoms with Gasteiger partial charge in [0.25, 0.3) is 0 Å². The van der Waals surface area contributed by atoms with Gasteiger partial charge in [-0.2, -0.15) is 0 Å². The molecule has 0 radical (unpaired) electrons. The highest BCUT2D eigenvalue weighted by atomic mass is 32.2. The molecule has 1 rings (SSSR count). The van der Waals surface area contributed by atoms with E-state index in [1.807, 2.05) is 0 Å². The van der Waals surface area contributed by atoms with E-state index in [1.54, 1.807) is 6.26 Å². The summed E-state index contributed by atoms with van der Waals surface area (Å²) in [4.78, 5) is 0. The van der Waals surface area contributed by atoms with Crippen molar-refractivity contribution in [3.63, 3.8) is 0 Å². The SMILES string of the molecule is CS/N=C/c1cc(N)ccc1OC(F)(F)F. The van der Waals surface area contributed by atoms with E-state index in [-0.39, 0.29) is 11.3 Å². The fourth-order valence-corrected chi connectivity index (χ4v) is 1.21. The van der Waals surface area contributed by atoms with Crippen molar-refractivity contribution in [2.45, 2.75) is 6.36 Å². The average molecular weight is 250 g/mol. The summed E-state index contributed by atoms with van der Waals surface area (Å²) < 4.78 is 43.7. The van der Waals surface area contributed by atoms with Gasteiger partial charge in [-0.25, -0.2) is 4.40 Å². The van der Waals surface area contributed by atoms with Gasteiger partial charge in [0.2, 0.25) is 0 Å².